The fraction of sp³-hybridized carbons (Fsp3) is 0.857. The number of hydrogen-bond donors (Lipinski definition) is 3. The lowest BCUT2D eigenvalue weighted by Crippen LogP contribution is -2.52. The van der Waals surface area contributed by atoms with Gasteiger partial charge in [0.25, 0.3) is 0 Å². The number of amides is 1. The molecule has 0 heterocycles. The van der Waals surface area contributed by atoms with Crippen LogP contribution in [-0.4, -0.2) is 29.1 Å². The van der Waals surface area contributed by atoms with Crippen LogP contribution in [0.3, 0.4) is 0 Å². The van der Waals surface area contributed by atoms with Crippen LogP contribution in [0.15, 0.2) is 0 Å². The van der Waals surface area contributed by atoms with Crippen molar-refractivity contribution in [3.63, 3.8) is 0 Å². The van der Waals surface area contributed by atoms with E-state index < -0.39 is 18.1 Å². The van der Waals surface area contributed by atoms with Crippen LogP contribution in [0.4, 0.5) is 0 Å². The second-order valence-corrected chi connectivity index (χ2v) is 5.96. The summed E-state index contributed by atoms with van der Waals surface area (Å²) in [5, 5.41) is 11.9. The van der Waals surface area contributed by atoms with Gasteiger partial charge in [0.2, 0.25) is 5.91 Å². The van der Waals surface area contributed by atoms with E-state index in [0.717, 1.165) is 32.1 Å². The molecule has 2 atom stereocenters. The normalized spacial score (nSPS) is 20.0. The van der Waals surface area contributed by atoms with Gasteiger partial charge in [-0.1, -0.05) is 33.1 Å². The van der Waals surface area contributed by atoms with Crippen LogP contribution in [0.5, 0.6) is 0 Å². The van der Waals surface area contributed by atoms with Gasteiger partial charge in [-0.15, -0.1) is 0 Å². The Labute approximate surface area is 114 Å². The molecule has 110 valence electrons. The van der Waals surface area contributed by atoms with Crippen molar-refractivity contribution in [3.8, 4) is 0 Å². The summed E-state index contributed by atoms with van der Waals surface area (Å²) in [5.41, 5.74) is 5.79. The zero-order valence-electron chi connectivity index (χ0n) is 11.9. The minimum Gasteiger partial charge on any atom is -0.480 e. The van der Waals surface area contributed by atoms with Crippen LogP contribution in [-0.2, 0) is 9.59 Å². The summed E-state index contributed by atoms with van der Waals surface area (Å²) in [4.78, 5) is 23.3. The molecule has 1 amide bonds. The van der Waals surface area contributed by atoms with Crippen molar-refractivity contribution in [2.45, 2.75) is 64.5 Å². The monoisotopic (exact) mass is 270 g/mol. The Kier molecular flexibility index (Phi) is 6.28. The van der Waals surface area contributed by atoms with Gasteiger partial charge in [-0.3, -0.25) is 4.79 Å². The van der Waals surface area contributed by atoms with Crippen LogP contribution < -0.4 is 11.1 Å². The van der Waals surface area contributed by atoms with Crippen molar-refractivity contribution in [3.05, 3.63) is 0 Å². The number of carbonyl (C=O) groups is 2. The van der Waals surface area contributed by atoms with Crippen LogP contribution in [0.2, 0.25) is 0 Å². The maximum absolute atomic E-state index is 11.9. The van der Waals surface area contributed by atoms with Gasteiger partial charge in [0.1, 0.15) is 6.04 Å². The average Bonchev–Trinajstić information content (AvgIpc) is 2.35. The molecule has 0 aromatic rings. The fourth-order valence-corrected chi connectivity index (χ4v) is 2.72. The van der Waals surface area contributed by atoms with Crippen molar-refractivity contribution in [1.82, 2.24) is 5.32 Å². The van der Waals surface area contributed by atoms with Gasteiger partial charge in [-0.05, 0) is 31.1 Å². The number of nitrogens with two attached hydrogens (primary N) is 1. The fourth-order valence-electron chi connectivity index (χ4n) is 2.72. The van der Waals surface area contributed by atoms with E-state index in [2.05, 4.69) is 5.32 Å². The number of carboxylic acids is 1. The summed E-state index contributed by atoms with van der Waals surface area (Å²) >= 11 is 0. The van der Waals surface area contributed by atoms with Crippen LogP contribution in [0.1, 0.15) is 52.4 Å². The Morgan fingerprint density at radius 3 is 2.32 bits per heavy atom. The number of aliphatic carboxylic acids is 1. The van der Waals surface area contributed by atoms with Crippen LogP contribution >= 0.6 is 0 Å². The van der Waals surface area contributed by atoms with E-state index in [9.17, 15) is 14.7 Å². The molecule has 0 aromatic heterocycles. The number of hydrogen-bond acceptors (Lipinski definition) is 3. The van der Waals surface area contributed by atoms with Crippen molar-refractivity contribution in [2.75, 3.05) is 0 Å². The smallest absolute Gasteiger partial charge is 0.326 e. The first kappa shape index (κ1) is 16.0. The molecule has 5 heteroatoms. The first-order valence-corrected chi connectivity index (χ1v) is 7.20. The molecule has 1 fully saturated rings. The summed E-state index contributed by atoms with van der Waals surface area (Å²) in [6.45, 7) is 3.98. The lowest BCUT2D eigenvalue weighted by molar-refractivity contribution is -0.144. The Bertz CT molecular complexity index is 312. The molecule has 0 radical (unpaired) electrons. The SMILES string of the molecule is CC(C)C[C@@H](N)C(=O)NC(C(=O)O)C1CCCCC1. The van der Waals surface area contributed by atoms with Gasteiger partial charge in [0.05, 0.1) is 6.04 Å². The predicted octanol–water partition coefficient (Wildman–Crippen LogP) is 1.51. The molecule has 1 rings (SSSR count). The Morgan fingerprint density at radius 1 is 1.26 bits per heavy atom. The number of carbonyl (C=O) groups excluding carboxylic acids is 1. The Balaban J connectivity index is 2.57. The molecule has 4 N–H and O–H groups in total. The van der Waals surface area contributed by atoms with Gasteiger partial charge in [0.15, 0.2) is 0 Å². The molecule has 0 saturated heterocycles. The summed E-state index contributed by atoms with van der Waals surface area (Å²) in [6.07, 6.45) is 5.56. The molecule has 0 spiro atoms. The van der Waals surface area contributed by atoms with E-state index >= 15 is 0 Å². The first-order valence-electron chi connectivity index (χ1n) is 7.20. The second kappa shape index (κ2) is 7.48. The lowest BCUT2D eigenvalue weighted by atomic mass is 9.83. The molecule has 0 aromatic carbocycles. The largest absolute Gasteiger partial charge is 0.480 e. The van der Waals surface area contributed by atoms with Gasteiger partial charge >= 0.3 is 5.97 Å². The molecule has 0 aliphatic heterocycles. The molecule has 5 nitrogen and oxygen atoms in total. The van der Waals surface area contributed by atoms with E-state index in [-0.39, 0.29) is 11.8 Å². The van der Waals surface area contributed by atoms with E-state index in [1.807, 2.05) is 13.8 Å². The van der Waals surface area contributed by atoms with Crippen molar-refractivity contribution in [1.29, 1.82) is 0 Å². The minimum absolute atomic E-state index is 0.0430. The Morgan fingerprint density at radius 2 is 1.84 bits per heavy atom. The van der Waals surface area contributed by atoms with Gasteiger partial charge < -0.3 is 16.2 Å². The highest BCUT2D eigenvalue weighted by atomic mass is 16.4. The molecule has 0 bridgehead atoms. The zero-order valence-corrected chi connectivity index (χ0v) is 11.9. The highest BCUT2D eigenvalue weighted by molar-refractivity contribution is 5.86. The Hall–Kier alpha value is -1.10. The zero-order chi connectivity index (χ0) is 14.4. The predicted molar refractivity (Wildman–Crippen MR) is 73.6 cm³/mol. The highest BCUT2D eigenvalue weighted by Gasteiger charge is 2.31. The topological polar surface area (TPSA) is 92.4 Å². The summed E-state index contributed by atoms with van der Waals surface area (Å²) in [7, 11) is 0. The third kappa shape index (κ3) is 5.19. The maximum atomic E-state index is 11.9. The van der Waals surface area contributed by atoms with Crippen LogP contribution in [0, 0.1) is 11.8 Å². The number of nitrogens with one attached hydrogen (secondary N) is 1. The third-order valence-electron chi connectivity index (χ3n) is 3.75. The van der Waals surface area contributed by atoms with E-state index in [1.54, 1.807) is 0 Å². The summed E-state index contributed by atoms with van der Waals surface area (Å²) < 4.78 is 0. The second-order valence-electron chi connectivity index (χ2n) is 5.96. The van der Waals surface area contributed by atoms with Gasteiger partial charge in [0, 0.05) is 0 Å². The maximum Gasteiger partial charge on any atom is 0.326 e. The lowest BCUT2D eigenvalue weighted by Gasteiger charge is -2.29. The highest BCUT2D eigenvalue weighted by Crippen LogP contribution is 2.26. The average molecular weight is 270 g/mol. The molecule has 19 heavy (non-hydrogen) atoms. The number of rotatable bonds is 6. The minimum atomic E-state index is -0.947. The molecule has 1 unspecified atom stereocenters. The summed E-state index contributed by atoms with van der Waals surface area (Å²) in [6, 6.07) is -1.41. The van der Waals surface area contributed by atoms with E-state index in [4.69, 9.17) is 5.73 Å². The van der Waals surface area contributed by atoms with Crippen molar-refractivity contribution < 1.29 is 14.7 Å². The van der Waals surface area contributed by atoms with E-state index in [1.165, 1.54) is 0 Å². The summed E-state index contributed by atoms with van der Waals surface area (Å²) in [5.74, 6) is -0.927. The first-order chi connectivity index (χ1) is 8.91. The third-order valence-corrected chi connectivity index (χ3v) is 3.75. The molecule has 1 aliphatic carbocycles. The van der Waals surface area contributed by atoms with Gasteiger partial charge in [-0.25, -0.2) is 4.79 Å². The number of carboxylic acid groups (broad SMARTS) is 1. The van der Waals surface area contributed by atoms with Crippen molar-refractivity contribution in [2.24, 2.45) is 17.6 Å². The van der Waals surface area contributed by atoms with Crippen molar-refractivity contribution >= 4 is 11.9 Å². The van der Waals surface area contributed by atoms with E-state index in [0.29, 0.717) is 12.3 Å². The molecule has 1 aliphatic rings. The standard InChI is InChI=1S/C14H26N2O3/c1-9(2)8-11(15)13(17)16-12(14(18)19)10-6-4-3-5-7-10/h9-12H,3-8,15H2,1-2H3,(H,16,17)(H,18,19)/t11-,12?/m1/s1. The van der Waals surface area contributed by atoms with Gasteiger partial charge in [-0.2, -0.15) is 0 Å². The van der Waals surface area contributed by atoms with Crippen LogP contribution in [0.25, 0.3) is 0 Å². The quantitative estimate of drug-likeness (QED) is 0.682. The molecular formula is C14H26N2O3. The molecule has 1 saturated carbocycles. The molecular weight excluding hydrogens is 244 g/mol.